The van der Waals surface area contributed by atoms with E-state index in [1.807, 2.05) is 0 Å². The van der Waals surface area contributed by atoms with Gasteiger partial charge in [0.15, 0.2) is 0 Å². The Morgan fingerprint density at radius 3 is 2.47 bits per heavy atom. The van der Waals surface area contributed by atoms with Gasteiger partial charge in [-0.3, -0.25) is 10.1 Å². The van der Waals surface area contributed by atoms with Crippen molar-refractivity contribution in [2.24, 2.45) is 0 Å². The van der Waals surface area contributed by atoms with Gasteiger partial charge in [0.05, 0.1) is 22.2 Å². The fourth-order valence-corrected chi connectivity index (χ4v) is 1.69. The van der Waals surface area contributed by atoms with Crippen molar-refractivity contribution in [2.45, 2.75) is 18.6 Å². The quantitative estimate of drug-likeness (QED) is 0.423. The molecule has 8 nitrogen and oxygen atoms in total. The van der Waals surface area contributed by atoms with Crippen LogP contribution in [0.25, 0.3) is 0 Å². The number of nitro benzene ring substituents is 1. The zero-order valence-electron chi connectivity index (χ0n) is 9.76. The fraction of sp³-hybridized carbons (Fsp3) is 0.364. The summed E-state index contributed by atoms with van der Waals surface area (Å²) in [5, 5.41) is 47.9. The normalized spacial score (nSPS) is 13.8. The molecule has 0 aliphatic heterocycles. The number of carbonyl (C=O) groups is 1. The number of hydrogen-bond acceptors (Lipinski definition) is 6. The molecule has 1 aromatic carbocycles. The average molecular weight is 271 g/mol. The third-order valence-electron chi connectivity index (χ3n) is 2.60. The molecule has 0 fully saturated rings. The van der Waals surface area contributed by atoms with Crippen LogP contribution in [0, 0.1) is 10.1 Å². The van der Waals surface area contributed by atoms with Crippen molar-refractivity contribution in [1.82, 2.24) is 0 Å². The summed E-state index contributed by atoms with van der Waals surface area (Å²) < 4.78 is 0. The lowest BCUT2D eigenvalue weighted by Crippen LogP contribution is -2.22. The lowest BCUT2D eigenvalue weighted by Gasteiger charge is -2.18. The van der Waals surface area contributed by atoms with Gasteiger partial charge in [-0.25, -0.2) is 4.79 Å². The number of benzene rings is 1. The minimum atomic E-state index is -1.76. The molecule has 2 unspecified atom stereocenters. The van der Waals surface area contributed by atoms with Crippen LogP contribution in [0.4, 0.5) is 5.69 Å². The Morgan fingerprint density at radius 2 is 2.00 bits per heavy atom. The van der Waals surface area contributed by atoms with E-state index in [9.17, 15) is 25.1 Å². The van der Waals surface area contributed by atoms with Gasteiger partial charge in [-0.1, -0.05) is 6.07 Å². The lowest BCUT2D eigenvalue weighted by molar-refractivity contribution is -0.386. The molecule has 0 amide bonds. The number of hydrogen-bond donors (Lipinski definition) is 4. The van der Waals surface area contributed by atoms with Crippen LogP contribution >= 0.6 is 0 Å². The van der Waals surface area contributed by atoms with Crippen molar-refractivity contribution in [1.29, 1.82) is 0 Å². The summed E-state index contributed by atoms with van der Waals surface area (Å²) in [7, 11) is 0. The van der Waals surface area contributed by atoms with Crippen LogP contribution in [0.5, 0.6) is 0 Å². The van der Waals surface area contributed by atoms with Crippen LogP contribution in [0.2, 0.25) is 0 Å². The third kappa shape index (κ3) is 3.25. The Balaban J connectivity index is 3.36. The molecule has 0 aromatic heterocycles. The third-order valence-corrected chi connectivity index (χ3v) is 2.60. The van der Waals surface area contributed by atoms with Crippen molar-refractivity contribution < 1.29 is 30.1 Å². The molecule has 0 bridgehead atoms. The Hall–Kier alpha value is -2.03. The second-order valence-electron chi connectivity index (χ2n) is 3.83. The molecule has 0 aliphatic carbocycles. The highest BCUT2D eigenvalue weighted by molar-refractivity contribution is 5.91. The van der Waals surface area contributed by atoms with Gasteiger partial charge in [0, 0.05) is 12.7 Å². The van der Waals surface area contributed by atoms with Crippen LogP contribution in [-0.2, 0) is 0 Å². The number of aliphatic hydroxyl groups excluding tert-OH is 3. The Labute approximate surface area is 107 Å². The first kappa shape index (κ1) is 15.0. The largest absolute Gasteiger partial charge is 0.478 e. The molecule has 1 rings (SSSR count). The van der Waals surface area contributed by atoms with Crippen molar-refractivity contribution in [3.05, 3.63) is 39.4 Å². The van der Waals surface area contributed by atoms with Crippen molar-refractivity contribution >= 4 is 11.7 Å². The summed E-state index contributed by atoms with van der Waals surface area (Å²) in [5.74, 6) is -1.45. The maximum absolute atomic E-state index is 11.0. The molecule has 8 heteroatoms. The summed E-state index contributed by atoms with van der Waals surface area (Å²) in [6, 6.07) is 3.31. The predicted octanol–water partition coefficient (Wildman–Crippen LogP) is 0.0697. The molecule has 2 atom stereocenters. The number of nitro groups is 1. The maximum Gasteiger partial charge on any atom is 0.336 e. The summed E-state index contributed by atoms with van der Waals surface area (Å²) >= 11 is 0. The standard InChI is InChI=1S/C11H13NO7/c13-5-4-8(14)10(15)9-6(11(16)17)2-1-3-7(9)12(18)19/h1-3,8,10,13-15H,4-5H2,(H,16,17). The molecule has 0 heterocycles. The summed E-state index contributed by atoms with van der Waals surface area (Å²) in [4.78, 5) is 21.0. The first-order valence-electron chi connectivity index (χ1n) is 5.37. The second kappa shape index (κ2) is 6.23. The fourth-order valence-electron chi connectivity index (χ4n) is 1.69. The van der Waals surface area contributed by atoms with E-state index >= 15 is 0 Å². The van der Waals surface area contributed by atoms with Gasteiger partial charge in [-0.15, -0.1) is 0 Å². The van der Waals surface area contributed by atoms with Gasteiger partial charge in [0.1, 0.15) is 6.10 Å². The van der Waals surface area contributed by atoms with Gasteiger partial charge in [0.25, 0.3) is 5.69 Å². The Kier molecular flexibility index (Phi) is 4.93. The minimum absolute atomic E-state index is 0.230. The molecule has 0 saturated heterocycles. The Morgan fingerprint density at radius 1 is 1.37 bits per heavy atom. The van der Waals surface area contributed by atoms with Gasteiger partial charge in [-0.2, -0.15) is 0 Å². The second-order valence-corrected chi connectivity index (χ2v) is 3.83. The minimum Gasteiger partial charge on any atom is -0.478 e. The first-order chi connectivity index (χ1) is 8.90. The molecule has 104 valence electrons. The van der Waals surface area contributed by atoms with E-state index in [0.717, 1.165) is 12.1 Å². The van der Waals surface area contributed by atoms with E-state index in [1.54, 1.807) is 0 Å². The number of aromatic carboxylic acids is 1. The van der Waals surface area contributed by atoms with E-state index in [1.165, 1.54) is 6.07 Å². The zero-order chi connectivity index (χ0) is 14.6. The highest BCUT2D eigenvalue weighted by atomic mass is 16.6. The van der Waals surface area contributed by atoms with Crippen molar-refractivity contribution in [3.8, 4) is 0 Å². The molecule has 0 spiro atoms. The summed E-state index contributed by atoms with van der Waals surface area (Å²) in [5.41, 5.74) is -1.52. The van der Waals surface area contributed by atoms with Crippen LogP contribution in [-0.4, -0.2) is 44.0 Å². The highest BCUT2D eigenvalue weighted by Crippen LogP contribution is 2.31. The van der Waals surface area contributed by atoms with E-state index in [-0.39, 0.29) is 6.42 Å². The number of aliphatic hydroxyl groups is 3. The Bertz CT molecular complexity index is 456. The topological polar surface area (TPSA) is 141 Å². The average Bonchev–Trinajstić information content (AvgIpc) is 2.36. The SMILES string of the molecule is O=C(O)c1cccc([N+](=O)[O-])c1C(O)C(O)CCO. The van der Waals surface area contributed by atoms with Crippen LogP contribution in [0.3, 0.4) is 0 Å². The van der Waals surface area contributed by atoms with Crippen LogP contribution in [0.1, 0.15) is 28.4 Å². The van der Waals surface area contributed by atoms with Gasteiger partial charge in [-0.05, 0) is 12.5 Å². The zero-order valence-corrected chi connectivity index (χ0v) is 9.76. The lowest BCUT2D eigenvalue weighted by atomic mass is 9.95. The molecule has 1 aromatic rings. The monoisotopic (exact) mass is 271 g/mol. The summed E-state index contributed by atoms with van der Waals surface area (Å²) in [6.07, 6.45) is -3.49. The molecular weight excluding hydrogens is 258 g/mol. The molecule has 0 aliphatic rings. The summed E-state index contributed by atoms with van der Waals surface area (Å²) in [6.45, 7) is -0.443. The highest BCUT2D eigenvalue weighted by Gasteiger charge is 2.31. The van der Waals surface area contributed by atoms with Crippen LogP contribution < -0.4 is 0 Å². The van der Waals surface area contributed by atoms with Crippen LogP contribution in [0.15, 0.2) is 18.2 Å². The number of carboxylic acid groups (broad SMARTS) is 1. The first-order valence-corrected chi connectivity index (χ1v) is 5.37. The molecule has 0 radical (unpaired) electrons. The molecule has 4 N–H and O–H groups in total. The molecule has 0 saturated carbocycles. The van der Waals surface area contributed by atoms with Crippen molar-refractivity contribution in [2.75, 3.05) is 6.61 Å². The predicted molar refractivity (Wildman–Crippen MR) is 62.7 cm³/mol. The molecule has 19 heavy (non-hydrogen) atoms. The van der Waals surface area contributed by atoms with Gasteiger partial charge < -0.3 is 20.4 Å². The smallest absolute Gasteiger partial charge is 0.336 e. The van der Waals surface area contributed by atoms with E-state index in [2.05, 4.69) is 0 Å². The van der Waals surface area contributed by atoms with Gasteiger partial charge >= 0.3 is 5.97 Å². The van der Waals surface area contributed by atoms with E-state index in [0.29, 0.717) is 0 Å². The number of carboxylic acids is 1. The van der Waals surface area contributed by atoms with Gasteiger partial charge in [0.2, 0.25) is 0 Å². The van der Waals surface area contributed by atoms with E-state index in [4.69, 9.17) is 10.2 Å². The number of rotatable bonds is 6. The molecular formula is C11H13NO7. The van der Waals surface area contributed by atoms with Crippen molar-refractivity contribution in [3.63, 3.8) is 0 Å². The van der Waals surface area contributed by atoms with E-state index < -0.39 is 46.5 Å². The number of nitrogens with zero attached hydrogens (tertiary/aromatic N) is 1. The maximum atomic E-state index is 11.0.